The van der Waals surface area contributed by atoms with Crippen LogP contribution in [0.1, 0.15) is 34.7 Å². The first-order chi connectivity index (χ1) is 15.1. The monoisotopic (exact) mass is 449 g/mol. The van der Waals surface area contributed by atoms with Crippen molar-refractivity contribution in [2.24, 2.45) is 0 Å². The van der Waals surface area contributed by atoms with Gasteiger partial charge in [-0.05, 0) is 53.2 Å². The molecule has 0 fully saturated rings. The minimum Gasteiger partial charge on any atom is -0.345 e. The maximum absolute atomic E-state index is 13.0. The smallest absolute Gasteiger partial charge is 0.252 e. The SMILES string of the molecule is C[C@H](NC(=O)c1ccccc1SCc1nnnn1-c1ccccc1)c1ccccc1Cl. The van der Waals surface area contributed by atoms with Crippen molar-refractivity contribution < 1.29 is 4.79 Å². The molecule has 0 aliphatic rings. The normalized spacial score (nSPS) is 11.8. The Kier molecular flexibility index (Phi) is 6.64. The fourth-order valence-corrected chi connectivity index (χ4v) is 4.42. The molecule has 1 atom stereocenters. The Balaban J connectivity index is 1.49. The third-order valence-electron chi connectivity index (χ3n) is 4.74. The van der Waals surface area contributed by atoms with Crippen LogP contribution >= 0.6 is 23.4 Å². The van der Waals surface area contributed by atoms with Gasteiger partial charge in [0.25, 0.3) is 5.91 Å². The zero-order valence-corrected chi connectivity index (χ0v) is 18.3. The highest BCUT2D eigenvalue weighted by atomic mass is 35.5. The average molecular weight is 450 g/mol. The van der Waals surface area contributed by atoms with Gasteiger partial charge in [0, 0.05) is 9.92 Å². The lowest BCUT2D eigenvalue weighted by Gasteiger charge is -2.17. The van der Waals surface area contributed by atoms with Crippen LogP contribution in [0.5, 0.6) is 0 Å². The third kappa shape index (κ3) is 4.95. The largest absolute Gasteiger partial charge is 0.345 e. The number of carbonyl (C=O) groups excluding carboxylic acids is 1. The summed E-state index contributed by atoms with van der Waals surface area (Å²) in [4.78, 5) is 13.9. The quantitative estimate of drug-likeness (QED) is 0.397. The van der Waals surface area contributed by atoms with Crippen molar-refractivity contribution in [3.05, 3.63) is 101 Å². The second-order valence-electron chi connectivity index (χ2n) is 6.84. The van der Waals surface area contributed by atoms with E-state index in [0.29, 0.717) is 22.2 Å². The molecule has 0 unspecified atom stereocenters. The first-order valence-corrected chi connectivity index (χ1v) is 11.1. The summed E-state index contributed by atoms with van der Waals surface area (Å²) in [5.41, 5.74) is 2.37. The fourth-order valence-electron chi connectivity index (χ4n) is 3.17. The first-order valence-electron chi connectivity index (χ1n) is 9.73. The molecule has 0 saturated carbocycles. The molecule has 0 saturated heterocycles. The topological polar surface area (TPSA) is 72.7 Å². The lowest BCUT2D eigenvalue weighted by atomic mass is 10.1. The van der Waals surface area contributed by atoms with Crippen LogP contribution in [-0.4, -0.2) is 26.1 Å². The first kappa shape index (κ1) is 21.1. The van der Waals surface area contributed by atoms with Gasteiger partial charge in [-0.25, -0.2) is 0 Å². The highest BCUT2D eigenvalue weighted by Crippen LogP contribution is 2.28. The van der Waals surface area contributed by atoms with Crippen LogP contribution < -0.4 is 5.32 Å². The van der Waals surface area contributed by atoms with Gasteiger partial charge in [0.15, 0.2) is 5.82 Å². The molecule has 0 bridgehead atoms. The van der Waals surface area contributed by atoms with Gasteiger partial charge in [-0.2, -0.15) is 4.68 Å². The molecule has 156 valence electrons. The fraction of sp³-hybridized carbons (Fsp3) is 0.130. The number of aromatic nitrogens is 4. The van der Waals surface area contributed by atoms with Gasteiger partial charge in [0.1, 0.15) is 0 Å². The van der Waals surface area contributed by atoms with E-state index in [-0.39, 0.29) is 11.9 Å². The number of tetrazole rings is 1. The maximum Gasteiger partial charge on any atom is 0.252 e. The molecule has 4 aromatic rings. The van der Waals surface area contributed by atoms with Crippen LogP contribution in [0, 0.1) is 0 Å². The van der Waals surface area contributed by atoms with Crippen molar-refractivity contribution in [3.8, 4) is 5.69 Å². The number of amides is 1. The Labute approximate surface area is 189 Å². The third-order valence-corrected chi connectivity index (χ3v) is 6.16. The number of rotatable bonds is 7. The molecule has 0 aliphatic heterocycles. The molecule has 8 heteroatoms. The summed E-state index contributed by atoms with van der Waals surface area (Å²) in [5.74, 6) is 1.07. The molecule has 4 rings (SSSR count). The average Bonchev–Trinajstić information content (AvgIpc) is 3.27. The van der Waals surface area contributed by atoms with Gasteiger partial charge in [-0.15, -0.1) is 16.9 Å². The molecule has 31 heavy (non-hydrogen) atoms. The molecule has 1 N–H and O–H groups in total. The summed E-state index contributed by atoms with van der Waals surface area (Å²) < 4.78 is 1.70. The number of nitrogens with one attached hydrogen (secondary N) is 1. The molecule has 1 amide bonds. The predicted molar refractivity (Wildman–Crippen MR) is 122 cm³/mol. The van der Waals surface area contributed by atoms with Gasteiger partial charge in [0.05, 0.1) is 23.0 Å². The molecule has 0 aliphatic carbocycles. The summed E-state index contributed by atoms with van der Waals surface area (Å²) in [6, 6.07) is 24.5. The zero-order chi connectivity index (χ0) is 21.6. The number of para-hydroxylation sites is 1. The van der Waals surface area contributed by atoms with E-state index in [0.717, 1.165) is 16.1 Å². The van der Waals surface area contributed by atoms with E-state index >= 15 is 0 Å². The molecule has 6 nitrogen and oxygen atoms in total. The van der Waals surface area contributed by atoms with Crippen LogP contribution in [0.3, 0.4) is 0 Å². The maximum atomic E-state index is 13.0. The molecule has 0 spiro atoms. The molecule has 0 radical (unpaired) electrons. The lowest BCUT2D eigenvalue weighted by Crippen LogP contribution is -2.27. The standard InChI is InChI=1S/C23H20ClN5OS/c1-16(18-11-5-7-13-20(18)24)25-23(30)19-12-6-8-14-21(19)31-15-22-26-27-28-29(22)17-9-3-2-4-10-17/h2-14,16H,15H2,1H3,(H,25,30)/t16-/m0/s1. The van der Waals surface area contributed by atoms with Gasteiger partial charge in [0.2, 0.25) is 0 Å². The van der Waals surface area contributed by atoms with E-state index in [1.807, 2.05) is 85.8 Å². The number of hydrogen-bond donors (Lipinski definition) is 1. The van der Waals surface area contributed by atoms with E-state index in [4.69, 9.17) is 11.6 Å². The minimum atomic E-state index is -0.218. The molecule has 1 aromatic heterocycles. The van der Waals surface area contributed by atoms with Gasteiger partial charge in [-0.3, -0.25) is 4.79 Å². The summed E-state index contributed by atoms with van der Waals surface area (Å²) in [6.45, 7) is 1.92. The molecular formula is C23H20ClN5OS. The lowest BCUT2D eigenvalue weighted by molar-refractivity contribution is 0.0937. The molecule has 3 aromatic carbocycles. The highest BCUT2D eigenvalue weighted by molar-refractivity contribution is 7.98. The number of halogens is 1. The molecular weight excluding hydrogens is 430 g/mol. The minimum absolute atomic E-state index is 0.154. The van der Waals surface area contributed by atoms with Gasteiger partial charge < -0.3 is 5.32 Å². The second kappa shape index (κ2) is 9.76. The van der Waals surface area contributed by atoms with E-state index in [2.05, 4.69) is 20.8 Å². The van der Waals surface area contributed by atoms with Crippen LogP contribution in [0.15, 0.2) is 83.8 Å². The number of carbonyl (C=O) groups is 1. The van der Waals surface area contributed by atoms with Gasteiger partial charge >= 0.3 is 0 Å². The van der Waals surface area contributed by atoms with E-state index < -0.39 is 0 Å². The predicted octanol–water partition coefficient (Wildman–Crippen LogP) is 5.10. The summed E-state index contributed by atoms with van der Waals surface area (Å²) in [7, 11) is 0. The van der Waals surface area contributed by atoms with Crippen LogP contribution in [-0.2, 0) is 5.75 Å². The van der Waals surface area contributed by atoms with E-state index in [1.54, 1.807) is 4.68 Å². The summed E-state index contributed by atoms with van der Waals surface area (Å²) in [5, 5.41) is 15.7. The Morgan fingerprint density at radius 3 is 2.55 bits per heavy atom. The summed E-state index contributed by atoms with van der Waals surface area (Å²) >= 11 is 7.79. The number of benzene rings is 3. The number of hydrogen-bond acceptors (Lipinski definition) is 5. The van der Waals surface area contributed by atoms with E-state index in [9.17, 15) is 4.79 Å². The summed E-state index contributed by atoms with van der Waals surface area (Å²) in [6.07, 6.45) is 0. The Morgan fingerprint density at radius 1 is 1.03 bits per heavy atom. The van der Waals surface area contributed by atoms with Gasteiger partial charge in [-0.1, -0.05) is 60.1 Å². The molecule has 1 heterocycles. The van der Waals surface area contributed by atoms with Crippen molar-refractivity contribution in [2.75, 3.05) is 0 Å². The van der Waals surface area contributed by atoms with Crippen LogP contribution in [0.4, 0.5) is 0 Å². The van der Waals surface area contributed by atoms with Crippen LogP contribution in [0.25, 0.3) is 5.69 Å². The van der Waals surface area contributed by atoms with Crippen molar-refractivity contribution in [2.45, 2.75) is 23.6 Å². The van der Waals surface area contributed by atoms with Crippen molar-refractivity contribution in [1.29, 1.82) is 0 Å². The van der Waals surface area contributed by atoms with E-state index in [1.165, 1.54) is 11.8 Å². The van der Waals surface area contributed by atoms with Crippen molar-refractivity contribution in [3.63, 3.8) is 0 Å². The number of thioether (sulfide) groups is 1. The Bertz CT molecular complexity index is 1180. The Hall–Kier alpha value is -3.16. The Morgan fingerprint density at radius 2 is 1.74 bits per heavy atom. The van der Waals surface area contributed by atoms with Crippen molar-refractivity contribution >= 4 is 29.3 Å². The second-order valence-corrected chi connectivity index (χ2v) is 8.27. The van der Waals surface area contributed by atoms with Crippen molar-refractivity contribution in [1.82, 2.24) is 25.5 Å². The van der Waals surface area contributed by atoms with Crippen LogP contribution in [0.2, 0.25) is 5.02 Å². The highest BCUT2D eigenvalue weighted by Gasteiger charge is 2.17. The number of nitrogens with zero attached hydrogens (tertiary/aromatic N) is 4. The zero-order valence-electron chi connectivity index (χ0n) is 16.8.